The van der Waals surface area contributed by atoms with Crippen molar-refractivity contribution in [2.75, 3.05) is 0 Å². The van der Waals surface area contributed by atoms with E-state index in [1.54, 1.807) is 37.3 Å². The molecular formula is C14H14N2O4S. The lowest BCUT2D eigenvalue weighted by atomic mass is 9.96. The van der Waals surface area contributed by atoms with Gasteiger partial charge >= 0.3 is 0 Å². The Bertz CT molecular complexity index is 786. The molecule has 110 valence electrons. The maximum Gasteiger partial charge on any atom is 0.277 e. The fourth-order valence-corrected chi connectivity index (χ4v) is 3.16. The van der Waals surface area contributed by atoms with Crippen LogP contribution in [0.4, 0.5) is 5.69 Å². The second-order valence-electron chi connectivity index (χ2n) is 4.46. The zero-order valence-corrected chi connectivity index (χ0v) is 12.1. The van der Waals surface area contributed by atoms with Gasteiger partial charge in [-0.15, -0.1) is 0 Å². The molecule has 6 nitrogen and oxygen atoms in total. The van der Waals surface area contributed by atoms with Crippen molar-refractivity contribution >= 4 is 15.7 Å². The first-order valence-corrected chi connectivity index (χ1v) is 7.79. The van der Waals surface area contributed by atoms with E-state index in [-0.39, 0.29) is 10.6 Å². The largest absolute Gasteiger partial charge is 0.277 e. The third kappa shape index (κ3) is 2.93. The van der Waals surface area contributed by atoms with Gasteiger partial charge in [-0.25, -0.2) is 13.6 Å². The van der Waals surface area contributed by atoms with Gasteiger partial charge in [-0.1, -0.05) is 37.3 Å². The summed E-state index contributed by atoms with van der Waals surface area (Å²) in [6.45, 7) is 1.74. The Kier molecular flexibility index (Phi) is 4.06. The molecule has 0 amide bonds. The van der Waals surface area contributed by atoms with Crippen LogP contribution in [0.25, 0.3) is 11.1 Å². The van der Waals surface area contributed by atoms with Gasteiger partial charge in [0.15, 0.2) is 0 Å². The molecule has 0 spiro atoms. The molecule has 2 rings (SSSR count). The highest BCUT2D eigenvalue weighted by molar-refractivity contribution is 7.89. The first-order valence-electron chi connectivity index (χ1n) is 6.24. The minimum absolute atomic E-state index is 0.0746. The van der Waals surface area contributed by atoms with Gasteiger partial charge in [0.05, 0.1) is 15.4 Å². The Labute approximate surface area is 122 Å². The first kappa shape index (κ1) is 15.1. The van der Waals surface area contributed by atoms with Crippen LogP contribution in [0.15, 0.2) is 47.4 Å². The number of nitro groups is 1. The fourth-order valence-electron chi connectivity index (χ4n) is 2.31. The molecule has 0 unspecified atom stereocenters. The molecule has 0 aliphatic heterocycles. The highest BCUT2D eigenvalue weighted by Crippen LogP contribution is 2.36. The second-order valence-corrected chi connectivity index (χ2v) is 5.99. The maximum absolute atomic E-state index is 11.7. The molecule has 0 aliphatic carbocycles. The van der Waals surface area contributed by atoms with Gasteiger partial charge in [0.2, 0.25) is 10.0 Å². The Morgan fingerprint density at radius 3 is 2.24 bits per heavy atom. The van der Waals surface area contributed by atoms with Crippen LogP contribution in [-0.2, 0) is 16.4 Å². The number of hydrogen-bond donors (Lipinski definition) is 1. The van der Waals surface area contributed by atoms with Crippen molar-refractivity contribution in [3.8, 4) is 11.1 Å². The van der Waals surface area contributed by atoms with Crippen LogP contribution in [0.2, 0.25) is 0 Å². The number of hydrogen-bond acceptors (Lipinski definition) is 4. The number of nitrogens with two attached hydrogens (primary N) is 1. The average molecular weight is 306 g/mol. The molecule has 7 heteroatoms. The predicted molar refractivity (Wildman–Crippen MR) is 79.3 cm³/mol. The number of nitrogens with zero attached hydrogens (tertiary/aromatic N) is 1. The van der Waals surface area contributed by atoms with Gasteiger partial charge in [0.25, 0.3) is 5.69 Å². The molecule has 0 radical (unpaired) electrons. The average Bonchev–Trinajstić information content (AvgIpc) is 2.45. The van der Waals surface area contributed by atoms with Crippen molar-refractivity contribution in [1.82, 2.24) is 0 Å². The van der Waals surface area contributed by atoms with Crippen molar-refractivity contribution < 1.29 is 13.3 Å². The van der Waals surface area contributed by atoms with Crippen LogP contribution >= 0.6 is 0 Å². The van der Waals surface area contributed by atoms with Gasteiger partial charge < -0.3 is 0 Å². The van der Waals surface area contributed by atoms with Crippen LogP contribution in [0.3, 0.4) is 0 Å². The zero-order valence-electron chi connectivity index (χ0n) is 11.3. The third-order valence-electron chi connectivity index (χ3n) is 3.17. The SMILES string of the molecule is CCc1c(S(N)(=O)=O)ccc([N+](=O)[O-])c1-c1ccccc1. The van der Waals surface area contributed by atoms with Crippen molar-refractivity contribution in [1.29, 1.82) is 0 Å². The number of sulfonamides is 1. The monoisotopic (exact) mass is 306 g/mol. The summed E-state index contributed by atoms with van der Waals surface area (Å²) >= 11 is 0. The Hall–Kier alpha value is -2.25. The van der Waals surface area contributed by atoms with E-state index in [0.29, 0.717) is 23.1 Å². The lowest BCUT2D eigenvalue weighted by molar-refractivity contribution is -0.384. The lowest BCUT2D eigenvalue weighted by Gasteiger charge is -2.13. The molecule has 2 N–H and O–H groups in total. The van der Waals surface area contributed by atoms with Gasteiger partial charge in [-0.3, -0.25) is 10.1 Å². The molecule has 0 aliphatic rings. The summed E-state index contributed by atoms with van der Waals surface area (Å²) in [6.07, 6.45) is 0.317. The molecule has 21 heavy (non-hydrogen) atoms. The van der Waals surface area contributed by atoms with Crippen LogP contribution in [0.5, 0.6) is 0 Å². The summed E-state index contributed by atoms with van der Waals surface area (Å²) in [6, 6.07) is 11.0. The zero-order chi connectivity index (χ0) is 15.6. The quantitative estimate of drug-likeness (QED) is 0.692. The van der Waals surface area contributed by atoms with Crippen molar-refractivity contribution in [2.45, 2.75) is 18.2 Å². The van der Waals surface area contributed by atoms with E-state index in [4.69, 9.17) is 5.14 Å². The van der Waals surface area contributed by atoms with Crippen molar-refractivity contribution in [3.63, 3.8) is 0 Å². The molecule has 2 aromatic carbocycles. The molecule has 0 saturated heterocycles. The smallest absolute Gasteiger partial charge is 0.258 e. The van der Waals surface area contributed by atoms with E-state index in [1.165, 1.54) is 12.1 Å². The van der Waals surface area contributed by atoms with Crippen LogP contribution < -0.4 is 5.14 Å². The minimum Gasteiger partial charge on any atom is -0.258 e. The number of benzene rings is 2. The summed E-state index contributed by atoms with van der Waals surface area (Å²) in [4.78, 5) is 10.7. The topological polar surface area (TPSA) is 103 Å². The van der Waals surface area contributed by atoms with E-state index in [9.17, 15) is 18.5 Å². The molecule has 0 heterocycles. The van der Waals surface area contributed by atoms with E-state index in [2.05, 4.69) is 0 Å². The summed E-state index contributed by atoms with van der Waals surface area (Å²) in [5, 5.41) is 16.5. The molecule has 0 saturated carbocycles. The van der Waals surface area contributed by atoms with E-state index in [0.717, 1.165) is 0 Å². The highest BCUT2D eigenvalue weighted by atomic mass is 32.2. The molecule has 0 atom stereocenters. The molecule has 0 fully saturated rings. The first-order chi connectivity index (χ1) is 9.86. The van der Waals surface area contributed by atoms with E-state index >= 15 is 0 Å². The van der Waals surface area contributed by atoms with Crippen LogP contribution in [0.1, 0.15) is 12.5 Å². The minimum atomic E-state index is -3.94. The van der Waals surface area contributed by atoms with E-state index < -0.39 is 14.9 Å². The lowest BCUT2D eigenvalue weighted by Crippen LogP contribution is -2.15. The van der Waals surface area contributed by atoms with E-state index in [1.807, 2.05) is 0 Å². The highest BCUT2D eigenvalue weighted by Gasteiger charge is 2.25. The van der Waals surface area contributed by atoms with Crippen LogP contribution in [0, 0.1) is 10.1 Å². The van der Waals surface area contributed by atoms with Gasteiger partial charge in [-0.2, -0.15) is 0 Å². The van der Waals surface area contributed by atoms with Crippen molar-refractivity contribution in [3.05, 3.63) is 58.1 Å². The fraction of sp³-hybridized carbons (Fsp3) is 0.143. The second kappa shape index (κ2) is 5.63. The summed E-state index contributed by atoms with van der Waals surface area (Å²) in [5.74, 6) is 0. The van der Waals surface area contributed by atoms with Gasteiger partial charge in [-0.05, 0) is 23.6 Å². The van der Waals surface area contributed by atoms with Gasteiger partial charge in [0, 0.05) is 6.07 Å². The summed E-state index contributed by atoms with van der Waals surface area (Å²) in [7, 11) is -3.94. The molecule has 0 aromatic heterocycles. The standard InChI is InChI=1S/C14H14N2O4S/c1-2-11-13(21(15,19)20)9-8-12(16(17)18)14(11)10-6-4-3-5-7-10/h3-9H,2H2,1H3,(H2,15,19,20). The Morgan fingerprint density at radius 2 is 1.76 bits per heavy atom. The maximum atomic E-state index is 11.7. The predicted octanol–water partition coefficient (Wildman–Crippen LogP) is 2.47. The van der Waals surface area contributed by atoms with Crippen molar-refractivity contribution in [2.24, 2.45) is 5.14 Å². The number of primary sulfonamides is 1. The number of rotatable bonds is 4. The molecular weight excluding hydrogens is 292 g/mol. The molecule has 0 bridgehead atoms. The number of nitro benzene ring substituents is 1. The normalized spacial score (nSPS) is 11.3. The Balaban J connectivity index is 2.90. The third-order valence-corrected chi connectivity index (χ3v) is 4.16. The Morgan fingerprint density at radius 1 is 1.14 bits per heavy atom. The molecule has 2 aromatic rings. The van der Waals surface area contributed by atoms with Crippen LogP contribution in [-0.4, -0.2) is 13.3 Å². The van der Waals surface area contributed by atoms with Gasteiger partial charge in [0.1, 0.15) is 0 Å². The summed E-state index contributed by atoms with van der Waals surface area (Å²) < 4.78 is 23.4. The summed E-state index contributed by atoms with van der Waals surface area (Å²) in [5.41, 5.74) is 1.12.